The molecule has 116 valence electrons. The van der Waals surface area contributed by atoms with Crippen molar-refractivity contribution >= 4 is 17.3 Å². The SMILES string of the molecule is Cc1nc(Cc2cccc(CN3CCCC3)c2)sc1C(=O)O. The van der Waals surface area contributed by atoms with Gasteiger partial charge in [-0.1, -0.05) is 24.3 Å². The first-order valence-electron chi connectivity index (χ1n) is 7.61. The topological polar surface area (TPSA) is 53.4 Å². The highest BCUT2D eigenvalue weighted by atomic mass is 32.1. The minimum absolute atomic E-state index is 0.350. The summed E-state index contributed by atoms with van der Waals surface area (Å²) in [5.74, 6) is -0.885. The Morgan fingerprint density at radius 1 is 1.32 bits per heavy atom. The second-order valence-corrected chi connectivity index (χ2v) is 6.89. The molecule has 1 aromatic heterocycles. The summed E-state index contributed by atoms with van der Waals surface area (Å²) in [6.45, 7) is 5.15. The maximum Gasteiger partial charge on any atom is 0.347 e. The van der Waals surface area contributed by atoms with Crippen molar-refractivity contribution < 1.29 is 9.90 Å². The number of aromatic carboxylic acids is 1. The summed E-state index contributed by atoms with van der Waals surface area (Å²) in [6, 6.07) is 8.55. The highest BCUT2D eigenvalue weighted by Crippen LogP contribution is 2.22. The van der Waals surface area contributed by atoms with Gasteiger partial charge in [-0.05, 0) is 44.0 Å². The van der Waals surface area contributed by atoms with Gasteiger partial charge in [0.05, 0.1) is 10.7 Å². The monoisotopic (exact) mass is 316 g/mol. The van der Waals surface area contributed by atoms with E-state index >= 15 is 0 Å². The van der Waals surface area contributed by atoms with Gasteiger partial charge in [-0.2, -0.15) is 0 Å². The number of benzene rings is 1. The lowest BCUT2D eigenvalue weighted by atomic mass is 10.1. The third kappa shape index (κ3) is 3.54. The molecule has 0 radical (unpaired) electrons. The van der Waals surface area contributed by atoms with Crippen LogP contribution >= 0.6 is 11.3 Å². The highest BCUT2D eigenvalue weighted by molar-refractivity contribution is 7.13. The quantitative estimate of drug-likeness (QED) is 0.919. The van der Waals surface area contributed by atoms with Crippen LogP contribution in [0.5, 0.6) is 0 Å². The van der Waals surface area contributed by atoms with E-state index in [9.17, 15) is 4.79 Å². The summed E-state index contributed by atoms with van der Waals surface area (Å²) >= 11 is 1.28. The van der Waals surface area contributed by atoms with Crippen LogP contribution in [0.4, 0.5) is 0 Å². The fourth-order valence-corrected chi connectivity index (χ4v) is 3.88. The molecule has 0 spiro atoms. The summed E-state index contributed by atoms with van der Waals surface area (Å²) in [5, 5.41) is 9.98. The molecule has 1 aliphatic rings. The van der Waals surface area contributed by atoms with E-state index in [0.29, 0.717) is 17.0 Å². The van der Waals surface area contributed by atoms with Crippen LogP contribution < -0.4 is 0 Å². The van der Waals surface area contributed by atoms with Crippen LogP contribution in [-0.2, 0) is 13.0 Å². The number of likely N-dealkylation sites (tertiary alicyclic amines) is 1. The summed E-state index contributed by atoms with van der Waals surface area (Å²) in [5.41, 5.74) is 3.13. The second-order valence-electron chi connectivity index (χ2n) is 5.81. The standard InChI is InChI=1S/C17H20N2O2S/c1-12-16(17(20)21)22-15(18-12)10-13-5-4-6-14(9-13)11-19-7-2-3-8-19/h4-6,9H,2-3,7-8,10-11H2,1H3,(H,20,21). The molecule has 0 atom stereocenters. The molecule has 1 saturated heterocycles. The number of carboxylic acid groups (broad SMARTS) is 1. The van der Waals surface area contributed by atoms with Gasteiger partial charge in [-0.15, -0.1) is 11.3 Å². The van der Waals surface area contributed by atoms with Crippen molar-refractivity contribution in [3.05, 3.63) is 51.0 Å². The van der Waals surface area contributed by atoms with Gasteiger partial charge in [0.15, 0.2) is 0 Å². The van der Waals surface area contributed by atoms with Crippen molar-refractivity contribution in [2.75, 3.05) is 13.1 Å². The Kier molecular flexibility index (Phi) is 4.55. The van der Waals surface area contributed by atoms with Gasteiger partial charge in [0.2, 0.25) is 0 Å². The van der Waals surface area contributed by atoms with E-state index in [1.807, 2.05) is 0 Å². The van der Waals surface area contributed by atoms with E-state index in [1.165, 1.54) is 48.4 Å². The largest absolute Gasteiger partial charge is 0.477 e. The predicted octanol–water partition coefficient (Wildman–Crippen LogP) is 3.34. The number of aryl methyl sites for hydroxylation is 1. The number of hydrogen-bond acceptors (Lipinski definition) is 4. The normalized spacial score (nSPS) is 15.3. The average Bonchev–Trinajstić information content (AvgIpc) is 3.09. The number of hydrogen-bond donors (Lipinski definition) is 1. The lowest BCUT2D eigenvalue weighted by Crippen LogP contribution is -2.18. The Balaban J connectivity index is 1.72. The molecule has 5 heteroatoms. The van der Waals surface area contributed by atoms with Gasteiger partial charge in [0.25, 0.3) is 0 Å². The van der Waals surface area contributed by atoms with Gasteiger partial charge < -0.3 is 5.11 Å². The molecular formula is C17H20N2O2S. The number of aromatic nitrogens is 1. The number of carboxylic acids is 1. The van der Waals surface area contributed by atoms with E-state index in [1.54, 1.807) is 6.92 Å². The van der Waals surface area contributed by atoms with Crippen LogP contribution in [0, 0.1) is 6.92 Å². The summed E-state index contributed by atoms with van der Waals surface area (Å²) < 4.78 is 0. The molecule has 0 bridgehead atoms. The van der Waals surface area contributed by atoms with Crippen molar-refractivity contribution in [3.8, 4) is 0 Å². The molecule has 1 N–H and O–H groups in total. The highest BCUT2D eigenvalue weighted by Gasteiger charge is 2.15. The molecule has 22 heavy (non-hydrogen) atoms. The van der Waals surface area contributed by atoms with Gasteiger partial charge in [-0.25, -0.2) is 9.78 Å². The summed E-state index contributed by atoms with van der Waals surface area (Å²) in [4.78, 5) is 18.3. The number of carbonyl (C=O) groups is 1. The van der Waals surface area contributed by atoms with Crippen LogP contribution in [0.1, 0.15) is 44.3 Å². The van der Waals surface area contributed by atoms with Crippen LogP contribution in [0.2, 0.25) is 0 Å². The Labute approximate surface area is 134 Å². The van der Waals surface area contributed by atoms with Gasteiger partial charge >= 0.3 is 5.97 Å². The van der Waals surface area contributed by atoms with Gasteiger partial charge in [-0.3, -0.25) is 4.90 Å². The summed E-state index contributed by atoms with van der Waals surface area (Å²) in [7, 11) is 0. The lowest BCUT2D eigenvalue weighted by Gasteiger charge is -2.15. The Morgan fingerprint density at radius 2 is 2.05 bits per heavy atom. The van der Waals surface area contributed by atoms with Crippen LogP contribution in [0.25, 0.3) is 0 Å². The first kappa shape index (κ1) is 15.2. The first-order valence-corrected chi connectivity index (χ1v) is 8.43. The summed E-state index contributed by atoms with van der Waals surface area (Å²) in [6.07, 6.45) is 3.30. The Morgan fingerprint density at radius 3 is 2.73 bits per heavy atom. The Hall–Kier alpha value is -1.72. The Bertz CT molecular complexity index is 675. The van der Waals surface area contributed by atoms with E-state index in [2.05, 4.69) is 34.1 Å². The smallest absolute Gasteiger partial charge is 0.347 e. The minimum Gasteiger partial charge on any atom is -0.477 e. The van der Waals surface area contributed by atoms with Crippen molar-refractivity contribution in [2.24, 2.45) is 0 Å². The van der Waals surface area contributed by atoms with Crippen LogP contribution in [0.3, 0.4) is 0 Å². The van der Waals surface area contributed by atoms with Crippen molar-refractivity contribution in [3.63, 3.8) is 0 Å². The second kappa shape index (κ2) is 6.58. The first-order chi connectivity index (χ1) is 10.6. The van der Waals surface area contributed by atoms with Crippen molar-refractivity contribution in [1.29, 1.82) is 0 Å². The number of nitrogens with zero attached hydrogens (tertiary/aromatic N) is 2. The molecule has 0 aliphatic carbocycles. The molecule has 4 nitrogen and oxygen atoms in total. The number of rotatable bonds is 5. The predicted molar refractivity (Wildman–Crippen MR) is 87.6 cm³/mol. The molecule has 3 rings (SSSR count). The molecule has 2 heterocycles. The number of thiazole rings is 1. The van der Waals surface area contributed by atoms with Crippen LogP contribution in [0.15, 0.2) is 24.3 Å². The van der Waals surface area contributed by atoms with Crippen LogP contribution in [-0.4, -0.2) is 34.0 Å². The average molecular weight is 316 g/mol. The van der Waals surface area contributed by atoms with Crippen molar-refractivity contribution in [2.45, 2.75) is 32.7 Å². The molecule has 0 unspecified atom stereocenters. The fraction of sp³-hybridized carbons (Fsp3) is 0.412. The van der Waals surface area contributed by atoms with E-state index < -0.39 is 5.97 Å². The molecule has 1 aromatic carbocycles. The minimum atomic E-state index is -0.885. The van der Waals surface area contributed by atoms with E-state index in [-0.39, 0.29) is 0 Å². The maximum absolute atomic E-state index is 11.1. The zero-order valence-corrected chi connectivity index (χ0v) is 13.5. The fourth-order valence-electron chi connectivity index (χ4n) is 2.94. The zero-order chi connectivity index (χ0) is 15.5. The van der Waals surface area contributed by atoms with Gasteiger partial charge in [0.1, 0.15) is 4.88 Å². The van der Waals surface area contributed by atoms with Gasteiger partial charge in [0, 0.05) is 13.0 Å². The molecule has 2 aromatic rings. The molecule has 0 saturated carbocycles. The van der Waals surface area contributed by atoms with E-state index in [0.717, 1.165) is 11.6 Å². The molecule has 0 amide bonds. The van der Waals surface area contributed by atoms with Crippen molar-refractivity contribution in [1.82, 2.24) is 9.88 Å². The molecule has 1 fully saturated rings. The third-order valence-electron chi connectivity index (χ3n) is 3.99. The van der Waals surface area contributed by atoms with E-state index in [4.69, 9.17) is 5.11 Å². The zero-order valence-electron chi connectivity index (χ0n) is 12.7. The maximum atomic E-state index is 11.1. The molecular weight excluding hydrogens is 296 g/mol. The lowest BCUT2D eigenvalue weighted by molar-refractivity contribution is 0.0701. The third-order valence-corrected chi connectivity index (χ3v) is 5.13. The molecule has 1 aliphatic heterocycles.